The zero-order valence-electron chi connectivity index (χ0n) is 10.1. The van der Waals surface area contributed by atoms with Gasteiger partial charge in [0.1, 0.15) is 0 Å². The summed E-state index contributed by atoms with van der Waals surface area (Å²) in [5.41, 5.74) is 1.52. The number of hydrogen-bond donors (Lipinski definition) is 1. The maximum absolute atomic E-state index is 10.8. The van der Waals surface area contributed by atoms with E-state index in [-0.39, 0.29) is 5.56 Å². The molecule has 0 aliphatic carbocycles. The van der Waals surface area contributed by atoms with Crippen LogP contribution >= 0.6 is 0 Å². The lowest BCUT2D eigenvalue weighted by atomic mass is 10.1. The summed E-state index contributed by atoms with van der Waals surface area (Å²) in [5, 5.41) is 24.1. The van der Waals surface area contributed by atoms with Crippen molar-refractivity contribution in [1.82, 2.24) is 20.4 Å². The van der Waals surface area contributed by atoms with Gasteiger partial charge in [0.05, 0.1) is 23.5 Å². The molecule has 20 heavy (non-hydrogen) atoms. The Morgan fingerprint density at radius 2 is 1.65 bits per heavy atom. The molecule has 3 aromatic rings. The predicted octanol–water partition coefficient (Wildman–Crippen LogP) is 1.89. The number of rotatable bonds is 3. The van der Waals surface area contributed by atoms with Gasteiger partial charge in [-0.05, 0) is 30.3 Å². The Kier molecular flexibility index (Phi) is 2.92. The lowest BCUT2D eigenvalue weighted by molar-refractivity contribution is 0.0697. The van der Waals surface area contributed by atoms with E-state index in [1.807, 2.05) is 0 Å². The molecule has 0 aliphatic heterocycles. The molecule has 1 aromatic carbocycles. The molecule has 0 fully saturated rings. The maximum Gasteiger partial charge on any atom is 0.335 e. The molecule has 0 aliphatic rings. The first-order chi connectivity index (χ1) is 9.74. The van der Waals surface area contributed by atoms with Gasteiger partial charge in [0.25, 0.3) is 0 Å². The fraction of sp³-hybridized carbons (Fsp3) is 0. The zero-order valence-corrected chi connectivity index (χ0v) is 10.1. The van der Waals surface area contributed by atoms with Crippen LogP contribution < -0.4 is 0 Å². The number of nitrogens with zero attached hydrogens (tertiary/aromatic N) is 4. The van der Waals surface area contributed by atoms with Crippen LogP contribution in [0.15, 0.2) is 47.1 Å². The molecule has 1 N–H and O–H groups in total. The minimum Gasteiger partial charge on any atom is -0.478 e. The minimum absolute atomic E-state index is 0.201. The largest absolute Gasteiger partial charge is 0.478 e. The van der Waals surface area contributed by atoms with Crippen LogP contribution in [0.4, 0.5) is 0 Å². The lowest BCUT2D eigenvalue weighted by Gasteiger charge is -1.96. The van der Waals surface area contributed by atoms with E-state index < -0.39 is 5.97 Å². The van der Waals surface area contributed by atoms with Crippen molar-refractivity contribution in [2.24, 2.45) is 0 Å². The van der Waals surface area contributed by atoms with Gasteiger partial charge in [0.15, 0.2) is 0 Å². The monoisotopic (exact) mass is 268 g/mol. The van der Waals surface area contributed by atoms with Crippen LogP contribution in [0, 0.1) is 0 Å². The van der Waals surface area contributed by atoms with Crippen LogP contribution in [-0.2, 0) is 0 Å². The van der Waals surface area contributed by atoms with Gasteiger partial charge < -0.3 is 9.52 Å². The average molecular weight is 268 g/mol. The molecule has 2 heterocycles. The van der Waals surface area contributed by atoms with E-state index in [1.165, 1.54) is 24.5 Å². The van der Waals surface area contributed by atoms with Gasteiger partial charge in [-0.15, -0.1) is 10.2 Å². The summed E-state index contributed by atoms with van der Waals surface area (Å²) in [6, 6.07) is 7.90. The Bertz CT molecular complexity index is 738. The van der Waals surface area contributed by atoms with Crippen molar-refractivity contribution >= 4 is 5.97 Å². The predicted molar refractivity (Wildman–Crippen MR) is 67.7 cm³/mol. The highest BCUT2D eigenvalue weighted by molar-refractivity contribution is 5.88. The lowest BCUT2D eigenvalue weighted by Crippen LogP contribution is -1.94. The van der Waals surface area contributed by atoms with Crippen molar-refractivity contribution in [3.8, 4) is 22.9 Å². The highest BCUT2D eigenvalue weighted by atomic mass is 16.4. The van der Waals surface area contributed by atoms with E-state index in [2.05, 4.69) is 20.4 Å². The third kappa shape index (κ3) is 2.24. The number of carbonyl (C=O) groups is 1. The van der Waals surface area contributed by atoms with Crippen LogP contribution in [0.2, 0.25) is 0 Å². The topological polar surface area (TPSA) is 102 Å². The Morgan fingerprint density at radius 3 is 2.25 bits per heavy atom. The van der Waals surface area contributed by atoms with E-state index >= 15 is 0 Å². The summed E-state index contributed by atoms with van der Waals surface area (Å²) in [4.78, 5) is 10.8. The minimum atomic E-state index is -0.981. The van der Waals surface area contributed by atoms with Gasteiger partial charge in [-0.2, -0.15) is 10.2 Å². The van der Waals surface area contributed by atoms with Gasteiger partial charge in [-0.25, -0.2) is 4.79 Å². The summed E-state index contributed by atoms with van der Waals surface area (Å²) in [7, 11) is 0. The maximum atomic E-state index is 10.8. The Hall–Kier alpha value is -3.09. The van der Waals surface area contributed by atoms with Gasteiger partial charge in [0.2, 0.25) is 11.8 Å². The van der Waals surface area contributed by atoms with E-state index in [1.54, 1.807) is 18.2 Å². The standard InChI is InChI=1S/C13H8N4O3/c18-13(19)9-3-1-8(2-4-9)11-16-17-12(20-11)10-5-6-14-15-7-10/h1-7H,(H,18,19). The molecule has 7 heteroatoms. The van der Waals surface area contributed by atoms with E-state index in [9.17, 15) is 4.79 Å². The molecular formula is C13H8N4O3. The normalized spacial score (nSPS) is 10.4. The number of carboxylic acids is 1. The summed E-state index contributed by atoms with van der Waals surface area (Å²) >= 11 is 0. The fourth-order valence-corrected chi connectivity index (χ4v) is 1.63. The van der Waals surface area contributed by atoms with Gasteiger partial charge >= 0.3 is 5.97 Å². The van der Waals surface area contributed by atoms with Crippen molar-refractivity contribution in [2.75, 3.05) is 0 Å². The van der Waals surface area contributed by atoms with Crippen molar-refractivity contribution in [3.05, 3.63) is 48.3 Å². The zero-order chi connectivity index (χ0) is 13.9. The molecule has 7 nitrogen and oxygen atoms in total. The van der Waals surface area contributed by atoms with Crippen molar-refractivity contribution in [1.29, 1.82) is 0 Å². The highest BCUT2D eigenvalue weighted by Gasteiger charge is 2.11. The molecule has 0 amide bonds. The number of benzene rings is 1. The molecule has 0 unspecified atom stereocenters. The Balaban J connectivity index is 1.92. The van der Waals surface area contributed by atoms with Gasteiger partial charge in [-0.1, -0.05) is 0 Å². The summed E-state index contributed by atoms with van der Waals surface area (Å²) < 4.78 is 5.52. The van der Waals surface area contributed by atoms with Crippen LogP contribution in [0.1, 0.15) is 10.4 Å². The third-order valence-electron chi connectivity index (χ3n) is 2.63. The molecule has 0 radical (unpaired) electrons. The second kappa shape index (κ2) is 4.88. The number of hydrogen-bond acceptors (Lipinski definition) is 6. The number of aromatic carboxylic acids is 1. The second-order valence-electron chi connectivity index (χ2n) is 3.93. The number of aromatic nitrogens is 4. The first kappa shape index (κ1) is 12.0. The smallest absolute Gasteiger partial charge is 0.335 e. The first-order valence-corrected chi connectivity index (χ1v) is 5.68. The van der Waals surface area contributed by atoms with Gasteiger partial charge in [0, 0.05) is 5.56 Å². The van der Waals surface area contributed by atoms with Crippen molar-refractivity contribution in [3.63, 3.8) is 0 Å². The summed E-state index contributed by atoms with van der Waals surface area (Å²) in [6.45, 7) is 0. The second-order valence-corrected chi connectivity index (χ2v) is 3.93. The Labute approximate surface area is 112 Å². The summed E-state index contributed by atoms with van der Waals surface area (Å²) in [5.74, 6) is -0.336. The molecule has 0 saturated heterocycles. The molecular weight excluding hydrogens is 260 g/mol. The highest BCUT2D eigenvalue weighted by Crippen LogP contribution is 2.23. The number of carboxylic acid groups (broad SMARTS) is 1. The quantitative estimate of drug-likeness (QED) is 0.773. The molecule has 0 bridgehead atoms. The molecule has 0 atom stereocenters. The Morgan fingerprint density at radius 1 is 0.950 bits per heavy atom. The van der Waals surface area contributed by atoms with E-state index in [0.717, 1.165) is 0 Å². The molecule has 2 aromatic heterocycles. The molecule has 3 rings (SSSR count). The van der Waals surface area contributed by atoms with Crippen LogP contribution in [-0.4, -0.2) is 31.5 Å². The van der Waals surface area contributed by atoms with E-state index in [4.69, 9.17) is 9.52 Å². The third-order valence-corrected chi connectivity index (χ3v) is 2.63. The average Bonchev–Trinajstić information content (AvgIpc) is 2.98. The molecule has 0 spiro atoms. The van der Waals surface area contributed by atoms with Crippen LogP contribution in [0.5, 0.6) is 0 Å². The van der Waals surface area contributed by atoms with Gasteiger partial charge in [-0.3, -0.25) is 0 Å². The van der Waals surface area contributed by atoms with E-state index in [0.29, 0.717) is 22.9 Å². The SMILES string of the molecule is O=C(O)c1ccc(-c2nnc(-c3ccnnc3)o2)cc1. The molecule has 98 valence electrons. The fourth-order valence-electron chi connectivity index (χ4n) is 1.63. The van der Waals surface area contributed by atoms with Crippen molar-refractivity contribution in [2.45, 2.75) is 0 Å². The van der Waals surface area contributed by atoms with Crippen LogP contribution in [0.3, 0.4) is 0 Å². The van der Waals surface area contributed by atoms with Crippen LogP contribution in [0.25, 0.3) is 22.9 Å². The summed E-state index contributed by atoms with van der Waals surface area (Å²) in [6.07, 6.45) is 3.05. The van der Waals surface area contributed by atoms with Crippen molar-refractivity contribution < 1.29 is 14.3 Å². The first-order valence-electron chi connectivity index (χ1n) is 5.68. The molecule has 0 saturated carbocycles.